The van der Waals surface area contributed by atoms with E-state index in [1.807, 2.05) is 0 Å². The summed E-state index contributed by atoms with van der Waals surface area (Å²) in [5.74, 6) is -0.403. The van der Waals surface area contributed by atoms with Gasteiger partial charge in [0.15, 0.2) is 0 Å². The third kappa shape index (κ3) is 2.32. The van der Waals surface area contributed by atoms with Crippen molar-refractivity contribution >= 4 is 29.2 Å². The largest absolute Gasteiger partial charge is 0.467 e. The summed E-state index contributed by atoms with van der Waals surface area (Å²) >= 11 is 11.9. The quantitative estimate of drug-likeness (QED) is 0.851. The summed E-state index contributed by atoms with van der Waals surface area (Å²) in [5, 5.41) is 3.85. The van der Waals surface area contributed by atoms with Crippen LogP contribution in [0.4, 0.5) is 0 Å². The fourth-order valence-corrected chi connectivity index (χ4v) is 2.04. The number of carbonyl (C=O) groups is 1. The topological polar surface area (TPSA) is 38.3 Å². The number of nitrogens with one attached hydrogen (secondary N) is 1. The van der Waals surface area contributed by atoms with Crippen molar-refractivity contribution in [2.75, 3.05) is 14.2 Å². The highest BCUT2D eigenvalue weighted by molar-refractivity contribution is 6.35. The Bertz CT molecular complexity index is 409. The van der Waals surface area contributed by atoms with Crippen LogP contribution in [0.5, 0.6) is 0 Å². The van der Waals surface area contributed by atoms with Gasteiger partial charge in [-0.3, -0.25) is 0 Å². The highest BCUT2D eigenvalue weighted by Crippen LogP contribution is 2.30. The van der Waals surface area contributed by atoms with Crippen molar-refractivity contribution in [3.63, 3.8) is 0 Å². The molecule has 1 aromatic rings. The summed E-state index contributed by atoms with van der Waals surface area (Å²) in [5.41, 5.74) is -0.343. The number of likely N-dealkylation sites (N-methyl/N-ethyl adjacent to an activating group) is 1. The van der Waals surface area contributed by atoms with E-state index in [-0.39, 0.29) is 0 Å². The molecule has 3 nitrogen and oxygen atoms in total. The first kappa shape index (κ1) is 13.3. The molecule has 1 unspecified atom stereocenters. The second kappa shape index (κ2) is 5.04. The molecule has 0 heterocycles. The molecule has 5 heteroatoms. The van der Waals surface area contributed by atoms with Gasteiger partial charge in [-0.15, -0.1) is 0 Å². The summed E-state index contributed by atoms with van der Waals surface area (Å²) in [6, 6.07) is 4.98. The van der Waals surface area contributed by atoms with E-state index in [0.29, 0.717) is 15.6 Å². The highest BCUT2D eigenvalue weighted by atomic mass is 35.5. The van der Waals surface area contributed by atoms with Crippen LogP contribution in [0.1, 0.15) is 12.5 Å². The lowest BCUT2D eigenvalue weighted by atomic mass is 9.92. The van der Waals surface area contributed by atoms with Crippen LogP contribution in [0.2, 0.25) is 10.0 Å². The van der Waals surface area contributed by atoms with Crippen molar-refractivity contribution < 1.29 is 9.53 Å². The van der Waals surface area contributed by atoms with Gasteiger partial charge in [0.25, 0.3) is 0 Å². The Morgan fingerprint density at radius 1 is 1.44 bits per heavy atom. The molecule has 0 bridgehead atoms. The summed E-state index contributed by atoms with van der Waals surface area (Å²) < 4.78 is 4.75. The average Bonchev–Trinajstić information content (AvgIpc) is 2.27. The Morgan fingerprint density at radius 2 is 2.06 bits per heavy atom. The molecule has 0 aliphatic rings. The van der Waals surface area contributed by atoms with E-state index in [1.165, 1.54) is 7.11 Å². The molecular formula is C11H13Cl2NO2. The van der Waals surface area contributed by atoms with Crippen molar-refractivity contribution in [3.05, 3.63) is 33.8 Å². The van der Waals surface area contributed by atoms with Crippen molar-refractivity contribution in [2.45, 2.75) is 12.5 Å². The standard InChI is InChI=1S/C11H13Cl2NO2/c1-11(14-2,10(15)16-3)8-5-4-7(12)6-9(8)13/h4-6,14H,1-3H3. The van der Waals surface area contributed by atoms with Gasteiger partial charge in [-0.05, 0) is 26.1 Å². The normalized spacial score (nSPS) is 14.3. The van der Waals surface area contributed by atoms with Crippen LogP contribution in [0, 0.1) is 0 Å². The van der Waals surface area contributed by atoms with Gasteiger partial charge >= 0.3 is 5.97 Å². The van der Waals surface area contributed by atoms with Crippen LogP contribution >= 0.6 is 23.2 Å². The number of benzene rings is 1. The molecule has 0 aliphatic carbocycles. The number of ether oxygens (including phenoxy) is 1. The fraction of sp³-hybridized carbons (Fsp3) is 0.364. The second-order valence-corrected chi connectivity index (χ2v) is 4.33. The smallest absolute Gasteiger partial charge is 0.330 e. The lowest BCUT2D eigenvalue weighted by Gasteiger charge is -2.27. The zero-order valence-corrected chi connectivity index (χ0v) is 10.8. The first-order valence-corrected chi connectivity index (χ1v) is 5.44. The first-order valence-electron chi connectivity index (χ1n) is 4.68. The van der Waals surface area contributed by atoms with Gasteiger partial charge in [-0.25, -0.2) is 4.79 Å². The number of halogens is 2. The molecule has 1 aromatic carbocycles. The molecule has 0 spiro atoms. The SMILES string of the molecule is CNC(C)(C(=O)OC)c1ccc(Cl)cc1Cl. The Hall–Kier alpha value is -0.770. The minimum absolute atomic E-state index is 0.403. The molecule has 0 saturated heterocycles. The number of rotatable bonds is 3. The van der Waals surface area contributed by atoms with Crippen LogP contribution in [-0.2, 0) is 15.1 Å². The predicted molar refractivity (Wildman–Crippen MR) is 64.9 cm³/mol. The third-order valence-corrected chi connectivity index (χ3v) is 3.11. The van der Waals surface area contributed by atoms with E-state index in [4.69, 9.17) is 27.9 Å². The van der Waals surface area contributed by atoms with Gasteiger partial charge < -0.3 is 10.1 Å². The van der Waals surface area contributed by atoms with Gasteiger partial charge in [0, 0.05) is 15.6 Å². The van der Waals surface area contributed by atoms with Crippen molar-refractivity contribution in [2.24, 2.45) is 0 Å². The lowest BCUT2D eigenvalue weighted by molar-refractivity contribution is -0.148. The van der Waals surface area contributed by atoms with Crippen LogP contribution in [0.15, 0.2) is 18.2 Å². The molecule has 0 radical (unpaired) electrons. The van der Waals surface area contributed by atoms with Gasteiger partial charge in [0.05, 0.1) is 7.11 Å². The van der Waals surface area contributed by atoms with E-state index in [0.717, 1.165) is 0 Å². The molecule has 0 fully saturated rings. The van der Waals surface area contributed by atoms with E-state index in [1.54, 1.807) is 32.2 Å². The summed E-state index contributed by atoms with van der Waals surface area (Å²) in [4.78, 5) is 11.7. The van der Waals surface area contributed by atoms with Crippen molar-refractivity contribution in [1.82, 2.24) is 5.32 Å². The van der Waals surface area contributed by atoms with Gasteiger partial charge in [0.1, 0.15) is 5.54 Å². The van der Waals surface area contributed by atoms with Crippen molar-refractivity contribution in [3.8, 4) is 0 Å². The van der Waals surface area contributed by atoms with Gasteiger partial charge in [0.2, 0.25) is 0 Å². The van der Waals surface area contributed by atoms with Crippen LogP contribution in [0.3, 0.4) is 0 Å². The maximum absolute atomic E-state index is 11.7. The van der Waals surface area contributed by atoms with Crippen LogP contribution < -0.4 is 5.32 Å². The summed E-state index contributed by atoms with van der Waals surface area (Å²) in [6.07, 6.45) is 0. The van der Waals surface area contributed by atoms with E-state index in [2.05, 4.69) is 5.32 Å². The Morgan fingerprint density at radius 3 is 2.50 bits per heavy atom. The van der Waals surface area contributed by atoms with E-state index >= 15 is 0 Å². The number of hydrogen-bond donors (Lipinski definition) is 1. The maximum atomic E-state index is 11.7. The monoisotopic (exact) mass is 261 g/mol. The maximum Gasteiger partial charge on any atom is 0.330 e. The number of methoxy groups -OCH3 is 1. The molecule has 1 rings (SSSR count). The molecule has 88 valence electrons. The zero-order valence-electron chi connectivity index (χ0n) is 9.30. The highest BCUT2D eigenvalue weighted by Gasteiger charge is 2.36. The summed E-state index contributed by atoms with van der Waals surface area (Å²) in [6.45, 7) is 1.70. The molecular weight excluding hydrogens is 249 g/mol. The predicted octanol–water partition coefficient (Wildman–Crippen LogP) is 2.60. The minimum Gasteiger partial charge on any atom is -0.467 e. The molecule has 0 saturated carbocycles. The zero-order chi connectivity index (χ0) is 12.3. The first-order chi connectivity index (χ1) is 7.45. The lowest BCUT2D eigenvalue weighted by Crippen LogP contribution is -2.45. The van der Waals surface area contributed by atoms with Crippen LogP contribution in [-0.4, -0.2) is 20.1 Å². The molecule has 16 heavy (non-hydrogen) atoms. The van der Waals surface area contributed by atoms with Crippen molar-refractivity contribution in [1.29, 1.82) is 0 Å². The Labute approximate surface area is 105 Å². The Kier molecular flexibility index (Phi) is 4.19. The second-order valence-electron chi connectivity index (χ2n) is 3.49. The molecule has 0 amide bonds. The number of hydrogen-bond acceptors (Lipinski definition) is 3. The third-order valence-electron chi connectivity index (χ3n) is 2.56. The number of carbonyl (C=O) groups excluding carboxylic acids is 1. The Balaban J connectivity index is 3.28. The molecule has 0 aliphatic heterocycles. The molecule has 1 atom stereocenters. The van der Waals surface area contributed by atoms with Gasteiger partial charge in [-0.2, -0.15) is 0 Å². The fourth-order valence-electron chi connectivity index (χ4n) is 1.45. The summed E-state index contributed by atoms with van der Waals surface area (Å²) in [7, 11) is 3.00. The molecule has 1 N–H and O–H groups in total. The minimum atomic E-state index is -0.976. The van der Waals surface area contributed by atoms with Gasteiger partial charge in [-0.1, -0.05) is 29.3 Å². The number of esters is 1. The van der Waals surface area contributed by atoms with Crippen LogP contribution in [0.25, 0.3) is 0 Å². The molecule has 0 aromatic heterocycles. The van der Waals surface area contributed by atoms with E-state index < -0.39 is 11.5 Å². The average molecular weight is 262 g/mol. The van der Waals surface area contributed by atoms with E-state index in [9.17, 15) is 4.79 Å².